The van der Waals surface area contributed by atoms with Gasteiger partial charge in [-0.1, -0.05) is 19.4 Å². The quantitative estimate of drug-likeness (QED) is 0.657. The molecule has 0 bridgehead atoms. The summed E-state index contributed by atoms with van der Waals surface area (Å²) in [4.78, 5) is 29.4. The Balaban J connectivity index is 1.83. The summed E-state index contributed by atoms with van der Waals surface area (Å²) in [5, 5.41) is 2.66. The molecule has 1 aromatic heterocycles. The molecule has 0 saturated carbocycles. The van der Waals surface area contributed by atoms with Gasteiger partial charge in [0.15, 0.2) is 5.58 Å². The molecule has 2 aromatic rings. The van der Waals surface area contributed by atoms with E-state index in [1.54, 1.807) is 18.2 Å². The number of hydrogen-bond donors (Lipinski definition) is 2. The number of hydrogen-bond acceptors (Lipinski definition) is 5. The molecule has 3 rings (SSSR count). The third-order valence-electron chi connectivity index (χ3n) is 3.47. The topological polar surface area (TPSA) is 101 Å². The van der Waals surface area contributed by atoms with Crippen molar-refractivity contribution in [1.82, 2.24) is 15.2 Å². The average molecular weight is 288 g/mol. The number of para-hydroxylation sites is 1. The van der Waals surface area contributed by atoms with Crippen LogP contribution in [-0.2, 0) is 11.3 Å². The normalized spacial score (nSPS) is 18.5. The largest absolute Gasteiger partial charge is 0.439 e. The second-order valence-electron chi connectivity index (χ2n) is 5.02. The van der Waals surface area contributed by atoms with Gasteiger partial charge in [0.25, 0.3) is 5.91 Å². The number of anilines is 1. The summed E-state index contributed by atoms with van der Waals surface area (Å²) in [6.45, 7) is 1.98. The van der Waals surface area contributed by atoms with E-state index in [0.717, 1.165) is 11.3 Å². The van der Waals surface area contributed by atoms with Crippen molar-refractivity contribution in [2.75, 3.05) is 5.73 Å². The zero-order chi connectivity index (χ0) is 15.0. The summed E-state index contributed by atoms with van der Waals surface area (Å²) < 4.78 is 5.54. The van der Waals surface area contributed by atoms with E-state index < -0.39 is 12.1 Å². The van der Waals surface area contributed by atoms with E-state index in [1.165, 1.54) is 0 Å². The summed E-state index contributed by atoms with van der Waals surface area (Å²) in [5.74, 6) is 0.0561. The van der Waals surface area contributed by atoms with Crippen LogP contribution in [0.1, 0.15) is 25.7 Å². The smallest absolute Gasteiger partial charge is 0.325 e. The van der Waals surface area contributed by atoms with Gasteiger partial charge in [-0.05, 0) is 18.6 Å². The van der Waals surface area contributed by atoms with Crippen LogP contribution < -0.4 is 11.1 Å². The fraction of sp³-hybridized carbons (Fsp3) is 0.357. The summed E-state index contributed by atoms with van der Waals surface area (Å²) in [6, 6.07) is 4.37. The minimum atomic E-state index is -0.447. The van der Waals surface area contributed by atoms with Crippen LogP contribution in [-0.4, -0.2) is 27.9 Å². The Labute approximate surface area is 121 Å². The van der Waals surface area contributed by atoms with Crippen molar-refractivity contribution in [3.05, 3.63) is 24.1 Å². The lowest BCUT2D eigenvalue weighted by Crippen LogP contribution is -2.31. The zero-order valence-electron chi connectivity index (χ0n) is 11.6. The van der Waals surface area contributed by atoms with Gasteiger partial charge in [-0.3, -0.25) is 9.69 Å². The third-order valence-corrected chi connectivity index (χ3v) is 3.47. The first kappa shape index (κ1) is 13.4. The first-order valence-corrected chi connectivity index (χ1v) is 6.86. The Hall–Kier alpha value is -2.57. The van der Waals surface area contributed by atoms with Crippen LogP contribution in [0.4, 0.5) is 10.5 Å². The number of nitrogens with zero attached hydrogens (tertiary/aromatic N) is 2. The van der Waals surface area contributed by atoms with E-state index in [9.17, 15) is 9.59 Å². The monoisotopic (exact) mass is 288 g/mol. The summed E-state index contributed by atoms with van der Waals surface area (Å²) in [6.07, 6.45) is 1.45. The maximum atomic E-state index is 12.1. The number of aromatic nitrogens is 1. The number of oxazole rings is 1. The first-order chi connectivity index (χ1) is 10.1. The van der Waals surface area contributed by atoms with Crippen molar-refractivity contribution in [2.45, 2.75) is 32.4 Å². The van der Waals surface area contributed by atoms with Gasteiger partial charge < -0.3 is 15.5 Å². The molecular weight excluding hydrogens is 272 g/mol. The number of nitrogen functional groups attached to an aromatic ring is 1. The highest BCUT2D eigenvalue weighted by Crippen LogP contribution is 2.23. The van der Waals surface area contributed by atoms with Crippen LogP contribution >= 0.6 is 0 Å². The molecule has 3 N–H and O–H groups in total. The molecule has 110 valence electrons. The van der Waals surface area contributed by atoms with Gasteiger partial charge in [0.05, 0.1) is 5.69 Å². The van der Waals surface area contributed by atoms with E-state index in [0.29, 0.717) is 29.1 Å². The van der Waals surface area contributed by atoms with Crippen molar-refractivity contribution in [2.24, 2.45) is 0 Å². The molecule has 0 spiro atoms. The molecular formula is C14H16N4O3. The number of imide groups is 1. The summed E-state index contributed by atoms with van der Waals surface area (Å²) in [7, 11) is 0. The van der Waals surface area contributed by atoms with Crippen molar-refractivity contribution in [3.63, 3.8) is 0 Å². The van der Waals surface area contributed by atoms with Gasteiger partial charge in [0.1, 0.15) is 18.1 Å². The van der Waals surface area contributed by atoms with Gasteiger partial charge in [0, 0.05) is 0 Å². The number of urea groups is 1. The molecule has 0 radical (unpaired) electrons. The number of carbonyl (C=O) groups excluding carboxylic acids is 2. The Morgan fingerprint density at radius 3 is 2.95 bits per heavy atom. The molecule has 7 heteroatoms. The van der Waals surface area contributed by atoms with Gasteiger partial charge >= 0.3 is 6.03 Å². The van der Waals surface area contributed by atoms with Gasteiger partial charge in [0.2, 0.25) is 5.89 Å². The highest BCUT2D eigenvalue weighted by molar-refractivity contribution is 6.04. The van der Waals surface area contributed by atoms with Gasteiger partial charge in [-0.25, -0.2) is 9.78 Å². The maximum Gasteiger partial charge on any atom is 0.325 e. The van der Waals surface area contributed by atoms with E-state index in [4.69, 9.17) is 10.2 Å². The van der Waals surface area contributed by atoms with Crippen LogP contribution in [0.3, 0.4) is 0 Å². The van der Waals surface area contributed by atoms with Crippen molar-refractivity contribution in [1.29, 1.82) is 0 Å². The summed E-state index contributed by atoms with van der Waals surface area (Å²) >= 11 is 0. The molecule has 2 heterocycles. The lowest BCUT2D eigenvalue weighted by atomic mass is 10.2. The molecule has 21 heavy (non-hydrogen) atoms. The van der Waals surface area contributed by atoms with Crippen molar-refractivity contribution < 1.29 is 14.0 Å². The average Bonchev–Trinajstić information content (AvgIpc) is 2.97. The Bertz CT molecular complexity index is 709. The van der Waals surface area contributed by atoms with E-state index >= 15 is 0 Å². The molecule has 0 aliphatic carbocycles. The van der Waals surface area contributed by atoms with Crippen molar-refractivity contribution >= 4 is 28.7 Å². The molecule has 7 nitrogen and oxygen atoms in total. The minimum Gasteiger partial charge on any atom is -0.439 e. The first-order valence-electron chi connectivity index (χ1n) is 6.86. The van der Waals surface area contributed by atoms with Gasteiger partial charge in [-0.15, -0.1) is 0 Å². The fourth-order valence-corrected chi connectivity index (χ4v) is 2.43. The second-order valence-corrected chi connectivity index (χ2v) is 5.02. The number of fused-ring (bicyclic) bond motifs is 1. The number of benzene rings is 1. The minimum absolute atomic E-state index is 0.0129. The van der Waals surface area contributed by atoms with E-state index in [1.807, 2.05) is 6.92 Å². The van der Waals surface area contributed by atoms with Crippen LogP contribution in [0.15, 0.2) is 22.6 Å². The maximum absolute atomic E-state index is 12.1. The molecule has 1 unspecified atom stereocenters. The lowest BCUT2D eigenvalue weighted by Gasteiger charge is -2.09. The lowest BCUT2D eigenvalue weighted by molar-refractivity contribution is -0.128. The summed E-state index contributed by atoms with van der Waals surface area (Å²) in [5.41, 5.74) is 7.40. The van der Waals surface area contributed by atoms with Crippen LogP contribution in [0.5, 0.6) is 0 Å². The second kappa shape index (κ2) is 5.08. The predicted octanol–water partition coefficient (Wildman–Crippen LogP) is 1.63. The number of carbonyl (C=O) groups is 2. The van der Waals surface area contributed by atoms with Gasteiger partial charge in [-0.2, -0.15) is 0 Å². The fourth-order valence-electron chi connectivity index (χ4n) is 2.43. The zero-order valence-corrected chi connectivity index (χ0v) is 11.6. The molecule has 1 atom stereocenters. The number of rotatable bonds is 4. The number of nitrogens with one attached hydrogen (secondary N) is 1. The Morgan fingerprint density at radius 2 is 2.24 bits per heavy atom. The van der Waals surface area contributed by atoms with Crippen LogP contribution in [0.25, 0.3) is 11.1 Å². The molecule has 1 fully saturated rings. The molecule has 1 aliphatic rings. The SMILES string of the molecule is CCCC1NC(=O)N(Cc2nc3c(N)cccc3o2)C1=O. The highest BCUT2D eigenvalue weighted by atomic mass is 16.3. The van der Waals surface area contributed by atoms with Crippen LogP contribution in [0, 0.1) is 0 Å². The molecule has 1 aliphatic heterocycles. The standard InChI is InChI=1S/C14H16N4O3/c1-2-4-9-13(19)18(14(20)16-9)7-11-17-12-8(15)5-3-6-10(12)21-11/h3,5-6,9H,2,4,7,15H2,1H3,(H,16,20). The van der Waals surface area contributed by atoms with E-state index in [-0.39, 0.29) is 12.5 Å². The van der Waals surface area contributed by atoms with Crippen molar-refractivity contribution in [3.8, 4) is 0 Å². The highest BCUT2D eigenvalue weighted by Gasteiger charge is 2.38. The number of amides is 3. The van der Waals surface area contributed by atoms with Crippen LogP contribution in [0.2, 0.25) is 0 Å². The predicted molar refractivity (Wildman–Crippen MR) is 76.2 cm³/mol. The van der Waals surface area contributed by atoms with E-state index in [2.05, 4.69) is 10.3 Å². The third kappa shape index (κ3) is 2.31. The Kier molecular flexibility index (Phi) is 3.25. The Morgan fingerprint density at radius 1 is 1.43 bits per heavy atom. The molecule has 1 aromatic carbocycles. The number of nitrogens with two attached hydrogens (primary N) is 1. The molecule has 3 amide bonds. The molecule has 1 saturated heterocycles.